The molecule has 0 fully saturated rings. The Labute approximate surface area is 186 Å². The largest absolute Gasteiger partial charge is 0.361 e. The second-order valence-corrected chi connectivity index (χ2v) is 8.17. The highest BCUT2D eigenvalue weighted by molar-refractivity contribution is 5.99. The number of nitrogens with one attached hydrogen (secondary N) is 2. The van der Waals surface area contributed by atoms with Crippen molar-refractivity contribution in [3.05, 3.63) is 71.9 Å². The molecule has 0 unspecified atom stereocenters. The predicted octanol–water partition coefficient (Wildman–Crippen LogP) is 3.44. The van der Waals surface area contributed by atoms with Crippen molar-refractivity contribution < 1.29 is 9.59 Å². The standard InChI is InChI=1S/C25H25N5O2/c1-17-6-8-18(9-7-17)22-14-24-29(25(32)11-13-30(24)28-22)16-23(31)26-12-10-19-15-27-21-5-3-2-4-20(19)21/h2-9,14-15,27H,10-13,16H2,1H3,(H,26,31). The SMILES string of the molecule is Cc1ccc(-c2cc3n(n2)CCC(=O)N3CC(=O)NCCc2c[nH]c3ccccc23)cc1. The van der Waals surface area contributed by atoms with Crippen LogP contribution in [0.3, 0.4) is 0 Å². The van der Waals surface area contributed by atoms with E-state index in [4.69, 9.17) is 0 Å². The Bertz CT molecular complexity index is 1290. The molecule has 0 saturated heterocycles. The molecule has 1 aliphatic heterocycles. The highest BCUT2D eigenvalue weighted by atomic mass is 16.2. The minimum absolute atomic E-state index is 0.00819. The van der Waals surface area contributed by atoms with Crippen molar-refractivity contribution in [1.29, 1.82) is 0 Å². The zero-order chi connectivity index (χ0) is 22.1. The van der Waals surface area contributed by atoms with Crippen molar-refractivity contribution in [3.8, 4) is 11.3 Å². The summed E-state index contributed by atoms with van der Waals surface area (Å²) in [7, 11) is 0. The number of aromatic amines is 1. The number of aryl methyl sites for hydroxylation is 2. The first-order chi connectivity index (χ1) is 15.6. The lowest BCUT2D eigenvalue weighted by molar-refractivity contribution is -0.124. The Hall–Kier alpha value is -3.87. The summed E-state index contributed by atoms with van der Waals surface area (Å²) in [5, 5.41) is 8.77. The van der Waals surface area contributed by atoms with Crippen LogP contribution >= 0.6 is 0 Å². The van der Waals surface area contributed by atoms with Gasteiger partial charge in [-0.2, -0.15) is 5.10 Å². The molecule has 1 aliphatic rings. The number of aromatic nitrogens is 3. The van der Waals surface area contributed by atoms with E-state index in [1.165, 1.54) is 15.8 Å². The maximum Gasteiger partial charge on any atom is 0.240 e. The van der Waals surface area contributed by atoms with Crippen LogP contribution in [0.4, 0.5) is 5.82 Å². The number of nitrogens with zero attached hydrogens (tertiary/aromatic N) is 3. The molecule has 3 heterocycles. The molecule has 0 aliphatic carbocycles. The first kappa shape index (κ1) is 20.1. The van der Waals surface area contributed by atoms with E-state index in [1.54, 1.807) is 0 Å². The van der Waals surface area contributed by atoms with Crippen LogP contribution in [0.15, 0.2) is 60.8 Å². The monoisotopic (exact) mass is 427 g/mol. The second-order valence-electron chi connectivity index (χ2n) is 8.17. The number of rotatable bonds is 6. The van der Waals surface area contributed by atoms with Crippen LogP contribution < -0.4 is 10.2 Å². The van der Waals surface area contributed by atoms with Crippen molar-refractivity contribution in [1.82, 2.24) is 20.1 Å². The lowest BCUT2D eigenvalue weighted by Crippen LogP contribution is -2.44. The molecule has 0 bridgehead atoms. The molecule has 2 aromatic heterocycles. The van der Waals surface area contributed by atoms with E-state index in [0.29, 0.717) is 25.3 Å². The molecule has 0 atom stereocenters. The van der Waals surface area contributed by atoms with Crippen LogP contribution in [0.5, 0.6) is 0 Å². The molecule has 0 saturated carbocycles. The van der Waals surface area contributed by atoms with E-state index < -0.39 is 0 Å². The summed E-state index contributed by atoms with van der Waals surface area (Å²) in [6.45, 7) is 3.07. The molecule has 32 heavy (non-hydrogen) atoms. The van der Waals surface area contributed by atoms with Crippen molar-refractivity contribution in [3.63, 3.8) is 0 Å². The smallest absolute Gasteiger partial charge is 0.240 e. The Morgan fingerprint density at radius 1 is 1.16 bits per heavy atom. The van der Waals surface area contributed by atoms with E-state index in [0.717, 1.165) is 28.8 Å². The number of para-hydroxylation sites is 1. The predicted molar refractivity (Wildman–Crippen MR) is 124 cm³/mol. The van der Waals surface area contributed by atoms with Crippen LogP contribution in [-0.4, -0.2) is 39.7 Å². The molecule has 162 valence electrons. The Morgan fingerprint density at radius 3 is 2.81 bits per heavy atom. The van der Waals surface area contributed by atoms with Gasteiger partial charge in [-0.25, -0.2) is 4.68 Å². The molecule has 7 nitrogen and oxygen atoms in total. The van der Waals surface area contributed by atoms with Gasteiger partial charge in [0.25, 0.3) is 0 Å². The zero-order valence-corrected chi connectivity index (χ0v) is 18.0. The highest BCUT2D eigenvalue weighted by Crippen LogP contribution is 2.28. The summed E-state index contributed by atoms with van der Waals surface area (Å²) in [5.74, 6) is 0.438. The number of hydrogen-bond donors (Lipinski definition) is 2. The van der Waals surface area contributed by atoms with Gasteiger partial charge in [0.2, 0.25) is 11.8 Å². The number of fused-ring (bicyclic) bond motifs is 2. The van der Waals surface area contributed by atoms with Gasteiger partial charge >= 0.3 is 0 Å². The maximum absolute atomic E-state index is 12.6. The third-order valence-corrected chi connectivity index (χ3v) is 5.91. The van der Waals surface area contributed by atoms with Crippen LogP contribution in [-0.2, 0) is 22.6 Å². The first-order valence-electron chi connectivity index (χ1n) is 10.9. The van der Waals surface area contributed by atoms with Gasteiger partial charge in [-0.1, -0.05) is 48.0 Å². The van der Waals surface area contributed by atoms with Crippen molar-refractivity contribution in [2.24, 2.45) is 0 Å². The maximum atomic E-state index is 12.6. The molecule has 2 amide bonds. The lowest BCUT2D eigenvalue weighted by atomic mass is 10.1. The molecular formula is C25H25N5O2. The highest BCUT2D eigenvalue weighted by Gasteiger charge is 2.28. The second kappa shape index (κ2) is 8.34. The molecule has 0 spiro atoms. The van der Waals surface area contributed by atoms with E-state index in [2.05, 4.69) is 21.5 Å². The molecule has 2 aromatic carbocycles. The van der Waals surface area contributed by atoms with Crippen LogP contribution in [0.1, 0.15) is 17.5 Å². The third kappa shape index (κ3) is 3.89. The Morgan fingerprint density at radius 2 is 1.97 bits per heavy atom. The quantitative estimate of drug-likeness (QED) is 0.495. The molecule has 7 heteroatoms. The minimum atomic E-state index is -0.176. The summed E-state index contributed by atoms with van der Waals surface area (Å²) >= 11 is 0. The number of anilines is 1. The summed E-state index contributed by atoms with van der Waals surface area (Å²) in [6.07, 6.45) is 3.04. The normalized spacial score (nSPS) is 13.4. The van der Waals surface area contributed by atoms with Crippen molar-refractivity contribution >= 4 is 28.5 Å². The van der Waals surface area contributed by atoms with Crippen LogP contribution in [0, 0.1) is 6.92 Å². The topological polar surface area (TPSA) is 83.0 Å². The first-order valence-corrected chi connectivity index (χ1v) is 10.9. The van der Waals surface area contributed by atoms with Gasteiger partial charge in [0.15, 0.2) is 0 Å². The van der Waals surface area contributed by atoms with E-state index in [-0.39, 0.29) is 18.4 Å². The fraction of sp³-hybridized carbons (Fsp3) is 0.240. The summed E-state index contributed by atoms with van der Waals surface area (Å²) in [4.78, 5) is 30.0. The van der Waals surface area contributed by atoms with Gasteiger partial charge in [-0.3, -0.25) is 14.5 Å². The zero-order valence-electron chi connectivity index (χ0n) is 18.0. The van der Waals surface area contributed by atoms with Crippen LogP contribution in [0.2, 0.25) is 0 Å². The molecule has 5 rings (SSSR count). The number of carbonyl (C=O) groups excluding carboxylic acids is 2. The number of H-pyrrole nitrogens is 1. The van der Waals surface area contributed by atoms with E-state index in [9.17, 15) is 9.59 Å². The summed E-state index contributed by atoms with van der Waals surface area (Å²) in [5.41, 5.74) is 5.23. The fourth-order valence-electron chi connectivity index (χ4n) is 4.16. The van der Waals surface area contributed by atoms with Gasteiger partial charge < -0.3 is 10.3 Å². The lowest BCUT2D eigenvalue weighted by Gasteiger charge is -2.26. The van der Waals surface area contributed by atoms with Crippen molar-refractivity contribution in [2.45, 2.75) is 26.3 Å². The molecule has 2 N–H and O–H groups in total. The molecule has 4 aromatic rings. The Balaban J connectivity index is 1.25. The number of carbonyl (C=O) groups is 2. The van der Waals surface area contributed by atoms with E-state index in [1.807, 2.05) is 66.3 Å². The average molecular weight is 428 g/mol. The Kier molecular flexibility index (Phi) is 5.23. The fourth-order valence-corrected chi connectivity index (χ4v) is 4.16. The van der Waals surface area contributed by atoms with Crippen molar-refractivity contribution in [2.75, 3.05) is 18.0 Å². The van der Waals surface area contributed by atoms with Gasteiger partial charge in [0.1, 0.15) is 12.4 Å². The van der Waals surface area contributed by atoms with Gasteiger partial charge in [-0.05, 0) is 25.0 Å². The van der Waals surface area contributed by atoms with Gasteiger partial charge in [0.05, 0.1) is 12.2 Å². The average Bonchev–Trinajstić information content (AvgIpc) is 3.41. The molecular weight excluding hydrogens is 402 g/mol. The molecule has 0 radical (unpaired) electrons. The number of amides is 2. The van der Waals surface area contributed by atoms with Gasteiger partial charge in [-0.15, -0.1) is 0 Å². The van der Waals surface area contributed by atoms with E-state index >= 15 is 0 Å². The number of hydrogen-bond acceptors (Lipinski definition) is 3. The van der Waals surface area contributed by atoms with Crippen LogP contribution in [0.25, 0.3) is 22.2 Å². The van der Waals surface area contributed by atoms with Gasteiger partial charge in [0, 0.05) is 41.7 Å². The number of benzene rings is 2. The minimum Gasteiger partial charge on any atom is -0.361 e. The third-order valence-electron chi connectivity index (χ3n) is 5.91. The summed E-state index contributed by atoms with van der Waals surface area (Å²) < 4.78 is 1.82. The summed E-state index contributed by atoms with van der Waals surface area (Å²) in [6, 6.07) is 18.1.